The summed E-state index contributed by atoms with van der Waals surface area (Å²) >= 11 is 0. The van der Waals surface area contributed by atoms with Crippen molar-refractivity contribution in [2.45, 2.75) is 46.1 Å². The van der Waals surface area contributed by atoms with Crippen molar-refractivity contribution in [1.29, 1.82) is 0 Å². The minimum atomic E-state index is -0.419. The lowest BCUT2D eigenvalue weighted by Crippen LogP contribution is -2.26. The second kappa shape index (κ2) is 12.9. The Morgan fingerprint density at radius 1 is 0.974 bits per heavy atom. The molecular weight excluding hydrogens is 494 g/mol. The van der Waals surface area contributed by atoms with Gasteiger partial charge < -0.3 is 14.8 Å². The van der Waals surface area contributed by atoms with Crippen LogP contribution in [0.25, 0.3) is 22.0 Å². The number of aromatic nitrogens is 2. The molecule has 0 spiro atoms. The summed E-state index contributed by atoms with van der Waals surface area (Å²) in [4.78, 5) is 42.3. The van der Waals surface area contributed by atoms with Gasteiger partial charge in [0.15, 0.2) is 0 Å². The van der Waals surface area contributed by atoms with Crippen molar-refractivity contribution in [2.75, 3.05) is 19.0 Å². The molecule has 202 valence electrons. The van der Waals surface area contributed by atoms with Gasteiger partial charge in [0.1, 0.15) is 11.6 Å². The number of aryl methyl sites for hydroxylation is 1. The van der Waals surface area contributed by atoms with Gasteiger partial charge in [-0.1, -0.05) is 49.4 Å². The maximum Gasteiger partial charge on any atom is 0.306 e. The van der Waals surface area contributed by atoms with Gasteiger partial charge in [0, 0.05) is 24.1 Å². The number of fused-ring (bicyclic) bond motifs is 1. The number of hydrogen-bond acceptors (Lipinski definition) is 6. The molecular formula is C31H33N3O5. The summed E-state index contributed by atoms with van der Waals surface area (Å²) in [6.45, 7) is 4.42. The van der Waals surface area contributed by atoms with Crippen molar-refractivity contribution >= 4 is 28.5 Å². The Bertz CT molecular complexity index is 1530. The van der Waals surface area contributed by atoms with Crippen LogP contribution in [-0.4, -0.2) is 35.1 Å². The third-order valence-electron chi connectivity index (χ3n) is 6.36. The molecule has 0 saturated carbocycles. The molecule has 0 aliphatic heterocycles. The fourth-order valence-electron chi connectivity index (χ4n) is 4.45. The van der Waals surface area contributed by atoms with E-state index in [1.807, 2.05) is 48.5 Å². The lowest BCUT2D eigenvalue weighted by atomic mass is 10.0. The first kappa shape index (κ1) is 27.6. The number of esters is 1. The Morgan fingerprint density at radius 2 is 1.74 bits per heavy atom. The van der Waals surface area contributed by atoms with Gasteiger partial charge in [0.25, 0.3) is 5.56 Å². The highest BCUT2D eigenvalue weighted by Crippen LogP contribution is 2.29. The van der Waals surface area contributed by atoms with E-state index in [4.69, 9.17) is 14.5 Å². The number of carbonyl (C=O) groups excluding carboxylic acids is 2. The van der Waals surface area contributed by atoms with Crippen molar-refractivity contribution in [3.63, 3.8) is 0 Å². The summed E-state index contributed by atoms with van der Waals surface area (Å²) in [6, 6.07) is 21.0. The molecule has 39 heavy (non-hydrogen) atoms. The number of benzene rings is 3. The number of nitrogens with one attached hydrogen (secondary N) is 1. The van der Waals surface area contributed by atoms with Gasteiger partial charge >= 0.3 is 5.97 Å². The first-order valence-electron chi connectivity index (χ1n) is 13.1. The number of amides is 1. The first-order chi connectivity index (χ1) is 18.9. The molecule has 1 heterocycles. The largest absolute Gasteiger partial charge is 0.496 e. The van der Waals surface area contributed by atoms with Crippen molar-refractivity contribution in [3.8, 4) is 16.9 Å². The Kier molecular flexibility index (Phi) is 9.10. The van der Waals surface area contributed by atoms with Crippen LogP contribution in [0.4, 0.5) is 5.69 Å². The molecule has 0 radical (unpaired) electrons. The zero-order valence-electron chi connectivity index (χ0n) is 22.5. The molecule has 0 atom stereocenters. The summed E-state index contributed by atoms with van der Waals surface area (Å²) in [5.74, 6) is 0.773. The topological polar surface area (TPSA) is 99.5 Å². The van der Waals surface area contributed by atoms with E-state index in [0.717, 1.165) is 34.7 Å². The van der Waals surface area contributed by atoms with Crippen LogP contribution >= 0.6 is 0 Å². The molecule has 0 aliphatic rings. The number of methoxy groups -OCH3 is 1. The fourth-order valence-corrected chi connectivity index (χ4v) is 4.45. The lowest BCUT2D eigenvalue weighted by Gasteiger charge is -2.15. The molecule has 0 unspecified atom stereocenters. The van der Waals surface area contributed by atoms with E-state index < -0.39 is 5.97 Å². The number of rotatable bonds is 11. The average Bonchev–Trinajstić information content (AvgIpc) is 2.95. The molecule has 8 nitrogen and oxygen atoms in total. The quantitative estimate of drug-likeness (QED) is 0.264. The van der Waals surface area contributed by atoms with E-state index in [-0.39, 0.29) is 30.9 Å². The fraction of sp³-hybridized carbons (Fsp3) is 0.290. The van der Waals surface area contributed by atoms with Crippen molar-refractivity contribution in [3.05, 3.63) is 88.5 Å². The van der Waals surface area contributed by atoms with Gasteiger partial charge in [-0.3, -0.25) is 19.0 Å². The van der Waals surface area contributed by atoms with E-state index in [1.54, 1.807) is 36.8 Å². The van der Waals surface area contributed by atoms with Crippen LogP contribution in [-0.2, 0) is 27.3 Å². The lowest BCUT2D eigenvalue weighted by molar-refractivity contribution is -0.144. The Labute approximate surface area is 227 Å². The van der Waals surface area contributed by atoms with Gasteiger partial charge in [0.2, 0.25) is 5.91 Å². The highest BCUT2D eigenvalue weighted by Gasteiger charge is 2.14. The number of carbonyl (C=O) groups is 2. The van der Waals surface area contributed by atoms with Gasteiger partial charge in [-0.05, 0) is 48.7 Å². The van der Waals surface area contributed by atoms with Crippen LogP contribution in [0.3, 0.4) is 0 Å². The number of para-hydroxylation sites is 1. The molecule has 1 amide bonds. The Hall–Kier alpha value is -4.46. The minimum absolute atomic E-state index is 0.000356. The highest BCUT2D eigenvalue weighted by atomic mass is 16.5. The predicted molar refractivity (Wildman–Crippen MR) is 152 cm³/mol. The number of nitrogens with zero attached hydrogens (tertiary/aromatic N) is 2. The molecule has 4 aromatic rings. The van der Waals surface area contributed by atoms with Crippen LogP contribution in [0, 0.1) is 0 Å². The molecule has 0 fully saturated rings. The van der Waals surface area contributed by atoms with Crippen LogP contribution in [0.1, 0.15) is 44.5 Å². The maximum absolute atomic E-state index is 13.7. The molecule has 8 heteroatoms. The second-order valence-corrected chi connectivity index (χ2v) is 9.15. The normalized spacial score (nSPS) is 10.8. The number of hydrogen-bond donors (Lipinski definition) is 1. The van der Waals surface area contributed by atoms with E-state index >= 15 is 0 Å². The zero-order chi connectivity index (χ0) is 27.8. The summed E-state index contributed by atoms with van der Waals surface area (Å²) in [5, 5.41) is 3.19. The predicted octanol–water partition coefficient (Wildman–Crippen LogP) is 5.35. The smallest absolute Gasteiger partial charge is 0.306 e. The first-order valence-corrected chi connectivity index (χ1v) is 13.1. The van der Waals surface area contributed by atoms with E-state index in [9.17, 15) is 14.4 Å². The van der Waals surface area contributed by atoms with Crippen LogP contribution in [0.15, 0.2) is 71.5 Å². The molecule has 0 saturated heterocycles. The summed E-state index contributed by atoms with van der Waals surface area (Å²) in [6.07, 6.45) is 1.51. The van der Waals surface area contributed by atoms with Gasteiger partial charge in [-0.15, -0.1) is 0 Å². The summed E-state index contributed by atoms with van der Waals surface area (Å²) in [7, 11) is 1.65. The molecule has 1 aromatic heterocycles. The molecule has 0 bridgehead atoms. The Balaban J connectivity index is 1.60. The molecule has 1 N–H and O–H groups in total. The van der Waals surface area contributed by atoms with E-state index in [1.165, 1.54) is 0 Å². The zero-order valence-corrected chi connectivity index (χ0v) is 22.5. The van der Waals surface area contributed by atoms with Crippen molar-refractivity contribution in [1.82, 2.24) is 9.55 Å². The van der Waals surface area contributed by atoms with Crippen LogP contribution in [0.5, 0.6) is 5.75 Å². The number of anilines is 1. The average molecular weight is 528 g/mol. The summed E-state index contributed by atoms with van der Waals surface area (Å²) < 4.78 is 12.1. The standard InChI is InChI=1S/C31H33N3O5/c1-4-8-28-33-26-16-15-23(32-29(35)17-18-30(36)39-5-2)19-25(26)31(37)34(28)20-21-11-13-22(14-12-21)24-9-6-7-10-27(24)38-3/h6-7,9-16,19H,4-5,8,17-18,20H2,1-3H3,(H,32,35). The minimum Gasteiger partial charge on any atom is -0.496 e. The van der Waals surface area contributed by atoms with Crippen molar-refractivity contribution in [2.24, 2.45) is 0 Å². The molecule has 4 rings (SSSR count). The monoisotopic (exact) mass is 527 g/mol. The van der Waals surface area contributed by atoms with Crippen LogP contribution < -0.4 is 15.6 Å². The van der Waals surface area contributed by atoms with Crippen molar-refractivity contribution < 1.29 is 19.1 Å². The van der Waals surface area contributed by atoms with E-state index in [0.29, 0.717) is 29.6 Å². The van der Waals surface area contributed by atoms with E-state index in [2.05, 4.69) is 12.2 Å². The molecule has 0 aliphatic carbocycles. The number of ether oxygens (including phenoxy) is 2. The van der Waals surface area contributed by atoms with Gasteiger partial charge in [-0.25, -0.2) is 4.98 Å². The maximum atomic E-state index is 13.7. The molecule has 3 aromatic carbocycles. The SMILES string of the molecule is CCCc1nc2ccc(NC(=O)CCC(=O)OCC)cc2c(=O)n1Cc1ccc(-c2ccccc2OC)cc1. The third-order valence-corrected chi connectivity index (χ3v) is 6.36. The second-order valence-electron chi connectivity index (χ2n) is 9.15. The van der Waals surface area contributed by atoms with Gasteiger partial charge in [-0.2, -0.15) is 0 Å². The third kappa shape index (κ3) is 6.71. The van der Waals surface area contributed by atoms with Gasteiger partial charge in [0.05, 0.1) is 37.6 Å². The van der Waals surface area contributed by atoms with Crippen LogP contribution in [0.2, 0.25) is 0 Å². The Morgan fingerprint density at radius 3 is 2.46 bits per heavy atom. The summed E-state index contributed by atoms with van der Waals surface area (Å²) in [5.41, 5.74) is 3.89. The highest BCUT2D eigenvalue weighted by molar-refractivity contribution is 5.94.